The van der Waals surface area contributed by atoms with Crippen LogP contribution in [0.3, 0.4) is 0 Å². The summed E-state index contributed by atoms with van der Waals surface area (Å²) in [6.07, 6.45) is 0. The predicted molar refractivity (Wildman–Crippen MR) is 70.8 cm³/mol. The van der Waals surface area contributed by atoms with Crippen molar-refractivity contribution >= 4 is 8.32 Å². The maximum absolute atomic E-state index is 13.2. The fraction of sp³-hybridized carbons (Fsp3) is 0.538. The molecule has 4 heteroatoms. The minimum atomic E-state index is -1.96. The minimum Gasteiger partial charge on any atom is -0.541 e. The molecule has 1 rings (SSSR count). The van der Waals surface area contributed by atoms with Crippen LogP contribution in [-0.4, -0.2) is 15.4 Å². The minimum absolute atomic E-state index is 0.0737. The van der Waals surface area contributed by atoms with Crippen molar-refractivity contribution in [1.29, 1.82) is 0 Å². The zero-order valence-corrected chi connectivity index (χ0v) is 12.4. The standard InChI is InChI=1S/C13H21FO2Si/c1-13(2,3)17(5,6)16-12-9-10(14)7-8-11(12)15-4/h7-9H,1-6H3. The Morgan fingerprint density at radius 3 is 2.18 bits per heavy atom. The molecule has 0 bridgehead atoms. The highest BCUT2D eigenvalue weighted by molar-refractivity contribution is 6.74. The summed E-state index contributed by atoms with van der Waals surface area (Å²) in [5.74, 6) is 0.773. The van der Waals surface area contributed by atoms with Crippen molar-refractivity contribution in [2.45, 2.75) is 38.9 Å². The molecule has 0 amide bonds. The van der Waals surface area contributed by atoms with E-state index in [1.807, 2.05) is 0 Å². The number of rotatable bonds is 3. The molecule has 1 aromatic rings. The van der Waals surface area contributed by atoms with Gasteiger partial charge in [0.2, 0.25) is 0 Å². The van der Waals surface area contributed by atoms with Crippen molar-refractivity contribution in [1.82, 2.24) is 0 Å². The van der Waals surface area contributed by atoms with Gasteiger partial charge in [0.15, 0.2) is 5.75 Å². The summed E-state index contributed by atoms with van der Waals surface area (Å²) in [6.45, 7) is 10.7. The first kappa shape index (κ1) is 14.0. The van der Waals surface area contributed by atoms with Gasteiger partial charge < -0.3 is 9.16 Å². The molecule has 17 heavy (non-hydrogen) atoms. The molecular formula is C13H21FO2Si. The van der Waals surface area contributed by atoms with E-state index < -0.39 is 8.32 Å². The number of benzene rings is 1. The zero-order valence-electron chi connectivity index (χ0n) is 11.4. The van der Waals surface area contributed by atoms with Gasteiger partial charge in [-0.15, -0.1) is 0 Å². The second kappa shape index (κ2) is 4.68. The Hall–Kier alpha value is -1.03. The number of hydrogen-bond acceptors (Lipinski definition) is 2. The third kappa shape index (κ3) is 3.22. The first-order chi connectivity index (χ1) is 7.67. The molecule has 96 valence electrons. The second-order valence-electron chi connectivity index (χ2n) is 5.66. The average molecular weight is 256 g/mol. The number of ether oxygens (including phenoxy) is 1. The van der Waals surface area contributed by atoms with Gasteiger partial charge in [-0.3, -0.25) is 0 Å². The summed E-state index contributed by atoms with van der Waals surface area (Å²) in [6, 6.07) is 4.36. The van der Waals surface area contributed by atoms with E-state index in [1.54, 1.807) is 13.2 Å². The van der Waals surface area contributed by atoms with Crippen LogP contribution >= 0.6 is 0 Å². The van der Waals surface area contributed by atoms with Crippen LogP contribution in [0.1, 0.15) is 20.8 Å². The summed E-state index contributed by atoms with van der Waals surface area (Å²) in [4.78, 5) is 0. The largest absolute Gasteiger partial charge is 0.541 e. The third-order valence-corrected chi connectivity index (χ3v) is 7.64. The third-order valence-electron chi connectivity index (χ3n) is 3.30. The van der Waals surface area contributed by atoms with Gasteiger partial charge >= 0.3 is 0 Å². The van der Waals surface area contributed by atoms with Gasteiger partial charge in [-0.25, -0.2) is 4.39 Å². The van der Waals surface area contributed by atoms with Crippen LogP contribution in [0, 0.1) is 5.82 Å². The zero-order chi connectivity index (χ0) is 13.3. The molecule has 0 heterocycles. The van der Waals surface area contributed by atoms with Crippen molar-refractivity contribution < 1.29 is 13.6 Å². The first-order valence-corrected chi connectivity index (χ1v) is 8.61. The van der Waals surface area contributed by atoms with Crippen molar-refractivity contribution in [2.24, 2.45) is 0 Å². The monoisotopic (exact) mass is 256 g/mol. The van der Waals surface area contributed by atoms with Crippen LogP contribution in [0.15, 0.2) is 18.2 Å². The Bertz CT molecular complexity index is 397. The Morgan fingerprint density at radius 2 is 1.71 bits per heavy atom. The molecule has 0 aliphatic rings. The lowest BCUT2D eigenvalue weighted by atomic mass is 10.2. The SMILES string of the molecule is COc1ccc(F)cc1O[Si](C)(C)C(C)(C)C. The van der Waals surface area contributed by atoms with Crippen LogP contribution in [0.2, 0.25) is 18.1 Å². The van der Waals surface area contributed by atoms with E-state index in [4.69, 9.17) is 9.16 Å². The molecule has 0 radical (unpaired) electrons. The summed E-state index contributed by atoms with van der Waals surface area (Å²) in [7, 11) is -0.402. The van der Waals surface area contributed by atoms with Crippen LogP contribution in [0.25, 0.3) is 0 Å². The first-order valence-electron chi connectivity index (χ1n) is 5.70. The molecule has 0 N–H and O–H groups in total. The average Bonchev–Trinajstić information content (AvgIpc) is 2.15. The van der Waals surface area contributed by atoms with E-state index >= 15 is 0 Å². The Morgan fingerprint density at radius 1 is 1.12 bits per heavy atom. The molecule has 1 aromatic carbocycles. The Kier molecular flexibility index (Phi) is 3.87. The maximum atomic E-state index is 13.2. The molecule has 0 spiro atoms. The summed E-state index contributed by atoms with van der Waals surface area (Å²) in [5.41, 5.74) is 0. The van der Waals surface area contributed by atoms with E-state index in [0.717, 1.165) is 0 Å². The van der Waals surface area contributed by atoms with Gasteiger partial charge in [0.05, 0.1) is 7.11 Å². The Labute approximate surface area is 104 Å². The van der Waals surface area contributed by atoms with Gasteiger partial charge in [-0.1, -0.05) is 20.8 Å². The van der Waals surface area contributed by atoms with Gasteiger partial charge in [0, 0.05) is 6.07 Å². The molecular weight excluding hydrogens is 235 g/mol. The van der Waals surface area contributed by atoms with Gasteiger partial charge in [0.1, 0.15) is 11.6 Å². The van der Waals surface area contributed by atoms with Crippen LogP contribution in [-0.2, 0) is 0 Å². The molecule has 0 aliphatic carbocycles. The second-order valence-corrected chi connectivity index (χ2v) is 10.4. The lowest BCUT2D eigenvalue weighted by Gasteiger charge is -2.36. The van der Waals surface area contributed by atoms with Crippen LogP contribution in [0.4, 0.5) is 4.39 Å². The van der Waals surface area contributed by atoms with E-state index in [0.29, 0.717) is 11.5 Å². The molecule has 0 aliphatic heterocycles. The Balaban J connectivity index is 3.06. The van der Waals surface area contributed by atoms with Crippen LogP contribution < -0.4 is 9.16 Å². The smallest absolute Gasteiger partial charge is 0.250 e. The lowest BCUT2D eigenvalue weighted by molar-refractivity contribution is 0.383. The van der Waals surface area contributed by atoms with Gasteiger partial charge in [-0.2, -0.15) is 0 Å². The van der Waals surface area contributed by atoms with Crippen molar-refractivity contribution in [3.05, 3.63) is 24.0 Å². The number of halogens is 1. The summed E-state index contributed by atoms with van der Waals surface area (Å²) >= 11 is 0. The van der Waals surface area contributed by atoms with Gasteiger partial charge in [-0.05, 0) is 30.3 Å². The lowest BCUT2D eigenvalue weighted by Crippen LogP contribution is -2.43. The normalized spacial score (nSPS) is 12.4. The van der Waals surface area contributed by atoms with E-state index in [2.05, 4.69) is 33.9 Å². The number of hydrogen-bond donors (Lipinski definition) is 0. The quantitative estimate of drug-likeness (QED) is 0.754. The fourth-order valence-corrected chi connectivity index (χ4v) is 2.17. The maximum Gasteiger partial charge on any atom is 0.250 e. The van der Waals surface area contributed by atoms with Gasteiger partial charge in [0.25, 0.3) is 8.32 Å². The molecule has 0 fully saturated rings. The summed E-state index contributed by atoms with van der Waals surface area (Å²) in [5, 5.41) is 0.0737. The molecule has 0 aromatic heterocycles. The van der Waals surface area contributed by atoms with Crippen molar-refractivity contribution in [3.63, 3.8) is 0 Å². The van der Waals surface area contributed by atoms with Crippen molar-refractivity contribution in [3.8, 4) is 11.5 Å². The predicted octanol–water partition coefficient (Wildman–Crippen LogP) is 4.22. The molecule has 0 saturated carbocycles. The molecule has 0 unspecified atom stereocenters. The summed E-state index contributed by atoms with van der Waals surface area (Å²) < 4.78 is 24.5. The highest BCUT2D eigenvalue weighted by Crippen LogP contribution is 2.40. The fourth-order valence-electron chi connectivity index (χ4n) is 1.16. The molecule has 0 atom stereocenters. The number of methoxy groups -OCH3 is 1. The highest BCUT2D eigenvalue weighted by Gasteiger charge is 2.39. The van der Waals surface area contributed by atoms with E-state index in [9.17, 15) is 4.39 Å². The van der Waals surface area contributed by atoms with Crippen molar-refractivity contribution in [2.75, 3.05) is 7.11 Å². The molecule has 2 nitrogen and oxygen atoms in total. The highest BCUT2D eigenvalue weighted by atomic mass is 28.4. The van der Waals surface area contributed by atoms with E-state index in [1.165, 1.54) is 12.1 Å². The van der Waals surface area contributed by atoms with Crippen LogP contribution in [0.5, 0.6) is 11.5 Å². The topological polar surface area (TPSA) is 18.5 Å². The van der Waals surface area contributed by atoms with E-state index in [-0.39, 0.29) is 10.9 Å². The molecule has 0 saturated heterocycles.